The molecule has 128 valence electrons. The minimum atomic E-state index is -0.226. The second kappa shape index (κ2) is 5.93. The number of nitrogens with one attached hydrogen (secondary N) is 1. The molecule has 2 heterocycles. The Morgan fingerprint density at radius 2 is 1.92 bits per heavy atom. The number of rotatable bonds is 1. The van der Waals surface area contributed by atoms with Crippen LogP contribution in [-0.4, -0.2) is 0 Å². The van der Waals surface area contributed by atoms with Crippen molar-refractivity contribution in [1.82, 2.24) is 0 Å². The second-order valence-electron chi connectivity index (χ2n) is 6.07. The molecule has 3 aromatic rings. The van der Waals surface area contributed by atoms with Gasteiger partial charge in [-0.1, -0.05) is 34.1 Å². The van der Waals surface area contributed by atoms with Crippen molar-refractivity contribution < 1.29 is 9.72 Å². The molecule has 0 aliphatic carbocycles. The molecule has 0 fully saturated rings. The Morgan fingerprint density at radius 1 is 1.12 bits per heavy atom. The summed E-state index contributed by atoms with van der Waals surface area (Å²) in [5, 5.41) is 9.44. The van der Waals surface area contributed by atoms with Crippen LogP contribution in [0.15, 0.2) is 46.9 Å². The topological polar surface area (TPSA) is 125 Å². The molecule has 4 rings (SSSR count). The largest absolute Gasteiger partial charge is 0.422 e. The molecule has 0 unspecified atom stereocenters. The van der Waals surface area contributed by atoms with Crippen molar-refractivity contribution in [2.75, 3.05) is 17.2 Å². The average molecular weight is 409 g/mol. The minimum absolute atomic E-state index is 0.170. The van der Waals surface area contributed by atoms with Gasteiger partial charge in [0.25, 0.3) is 11.7 Å². The maximum absolute atomic E-state index is 9.44. The third-order valence-corrected chi connectivity index (χ3v) is 4.96. The number of ether oxygens (including phenoxy) is 1. The number of aromatic nitrogens is 1. The molecule has 0 saturated heterocycles. The third-order valence-electron chi connectivity index (χ3n) is 4.46. The van der Waals surface area contributed by atoms with E-state index in [0.717, 1.165) is 15.6 Å². The lowest BCUT2D eigenvalue weighted by atomic mass is 9.82. The third kappa shape index (κ3) is 2.43. The molecule has 1 atom stereocenters. The molecule has 6 nitrogen and oxygen atoms in total. The zero-order valence-corrected chi connectivity index (χ0v) is 15.2. The van der Waals surface area contributed by atoms with Crippen LogP contribution in [0.1, 0.15) is 28.2 Å². The molecule has 1 aromatic heterocycles. The molecule has 0 amide bonds. The van der Waals surface area contributed by atoms with Crippen LogP contribution in [-0.2, 0) is 0 Å². The first-order chi connectivity index (χ1) is 12.5. The number of aromatic amines is 1. The number of halogens is 1. The van der Waals surface area contributed by atoms with Crippen LogP contribution >= 0.6 is 15.9 Å². The number of pyridine rings is 1. The van der Waals surface area contributed by atoms with Gasteiger partial charge in [-0.05, 0) is 23.8 Å². The van der Waals surface area contributed by atoms with Gasteiger partial charge >= 0.3 is 0 Å². The summed E-state index contributed by atoms with van der Waals surface area (Å²) in [4.78, 5) is 2.96. The lowest BCUT2D eigenvalue weighted by molar-refractivity contribution is -0.375. The van der Waals surface area contributed by atoms with Gasteiger partial charge in [0.1, 0.15) is 11.8 Å². The standard InChI is InChI=1S/C19H14BrN5O/c20-10-3-1-2-9(6-10)15-12-5-4-11(22)7-14(12)26-19-16(15)17(23)13(8-21)18(24)25-19/h1-7,15H,22H2,(H4,23,24,25)/p+1/t15-/m0/s1. The van der Waals surface area contributed by atoms with Gasteiger partial charge < -0.3 is 16.2 Å². The fourth-order valence-electron chi connectivity index (χ4n) is 3.32. The number of nitrogens with two attached hydrogens (primary N) is 3. The van der Waals surface area contributed by atoms with Crippen molar-refractivity contribution in [2.24, 2.45) is 0 Å². The molecular weight excluding hydrogens is 394 g/mol. The lowest BCUT2D eigenvalue weighted by Crippen LogP contribution is -2.25. The van der Waals surface area contributed by atoms with Crippen molar-refractivity contribution in [3.05, 3.63) is 69.2 Å². The highest BCUT2D eigenvalue weighted by Gasteiger charge is 2.35. The number of nitrogens with zero attached hydrogens (tertiary/aromatic N) is 1. The molecule has 1 aliphatic rings. The minimum Gasteiger partial charge on any atom is -0.422 e. The fraction of sp³-hybridized carbons (Fsp3) is 0.0526. The van der Waals surface area contributed by atoms with Crippen molar-refractivity contribution in [1.29, 1.82) is 5.26 Å². The van der Waals surface area contributed by atoms with E-state index < -0.39 is 0 Å². The van der Waals surface area contributed by atoms with Crippen molar-refractivity contribution >= 4 is 33.1 Å². The Balaban J connectivity index is 2.06. The van der Waals surface area contributed by atoms with Gasteiger partial charge in [-0.3, -0.25) is 5.73 Å². The first-order valence-corrected chi connectivity index (χ1v) is 8.66. The molecule has 26 heavy (non-hydrogen) atoms. The van der Waals surface area contributed by atoms with E-state index >= 15 is 0 Å². The van der Waals surface area contributed by atoms with E-state index in [9.17, 15) is 5.26 Å². The number of fused-ring (bicyclic) bond motifs is 2. The summed E-state index contributed by atoms with van der Waals surface area (Å²) in [6.45, 7) is 0. The molecule has 1 aliphatic heterocycles. The van der Waals surface area contributed by atoms with E-state index in [1.54, 1.807) is 6.07 Å². The zero-order valence-electron chi connectivity index (χ0n) is 13.6. The van der Waals surface area contributed by atoms with Gasteiger partial charge in [0.05, 0.1) is 11.3 Å². The predicted molar refractivity (Wildman–Crippen MR) is 103 cm³/mol. The van der Waals surface area contributed by atoms with Crippen LogP contribution in [0, 0.1) is 11.3 Å². The maximum Gasteiger partial charge on any atom is 0.294 e. The summed E-state index contributed by atoms with van der Waals surface area (Å²) in [5.41, 5.74) is 21.9. The van der Waals surface area contributed by atoms with Crippen LogP contribution in [0.3, 0.4) is 0 Å². The number of nitriles is 1. The second-order valence-corrected chi connectivity index (χ2v) is 6.98. The van der Waals surface area contributed by atoms with Gasteiger partial charge in [-0.15, -0.1) is 0 Å². The van der Waals surface area contributed by atoms with Gasteiger partial charge in [0, 0.05) is 27.7 Å². The van der Waals surface area contributed by atoms with Gasteiger partial charge in [0.15, 0.2) is 5.56 Å². The molecule has 2 aromatic carbocycles. The fourth-order valence-corrected chi connectivity index (χ4v) is 3.73. The highest BCUT2D eigenvalue weighted by molar-refractivity contribution is 9.10. The number of anilines is 3. The summed E-state index contributed by atoms with van der Waals surface area (Å²) in [6, 6.07) is 15.5. The van der Waals surface area contributed by atoms with Crippen LogP contribution in [0.5, 0.6) is 11.6 Å². The SMILES string of the molecule is N#Cc1c(N)[nH+]c2c(c1N)[C@@H](c1cccc(Br)c1)c1ccc(N)cc1O2. The molecule has 7 N–H and O–H groups in total. The molecule has 7 heteroatoms. The first-order valence-electron chi connectivity index (χ1n) is 7.86. The normalized spacial score (nSPS) is 14.7. The monoisotopic (exact) mass is 408 g/mol. The van der Waals surface area contributed by atoms with Gasteiger partial charge in [0.2, 0.25) is 0 Å². The Labute approximate surface area is 158 Å². The summed E-state index contributed by atoms with van der Waals surface area (Å²) < 4.78 is 6.93. The smallest absolute Gasteiger partial charge is 0.294 e. The van der Waals surface area contributed by atoms with Crippen molar-refractivity contribution in [2.45, 2.75) is 5.92 Å². The zero-order chi connectivity index (χ0) is 18.4. The Bertz CT molecular complexity index is 1090. The maximum atomic E-state index is 9.44. The predicted octanol–water partition coefficient (Wildman–Crippen LogP) is 3.17. The van der Waals surface area contributed by atoms with Gasteiger partial charge in [-0.25, -0.2) is 4.98 Å². The van der Waals surface area contributed by atoms with E-state index in [1.807, 2.05) is 36.4 Å². The molecule has 0 bridgehead atoms. The summed E-state index contributed by atoms with van der Waals surface area (Å²) in [5.74, 6) is 0.990. The number of H-pyrrole nitrogens is 1. The van der Waals surface area contributed by atoms with E-state index in [1.165, 1.54) is 0 Å². The van der Waals surface area contributed by atoms with Crippen molar-refractivity contribution in [3.63, 3.8) is 0 Å². The molecular formula is C19H15BrN5O+. The molecule has 0 saturated carbocycles. The van der Waals surface area contributed by atoms with Gasteiger partial charge in [-0.2, -0.15) is 5.26 Å². The number of hydrogen-bond acceptors (Lipinski definition) is 5. The quantitative estimate of drug-likeness (QED) is 0.417. The Hall–Kier alpha value is -3.24. The summed E-state index contributed by atoms with van der Waals surface area (Å²) in [6.07, 6.45) is 0. The van der Waals surface area contributed by atoms with Crippen LogP contribution in [0.2, 0.25) is 0 Å². The number of nitrogen functional groups attached to an aromatic ring is 3. The van der Waals surface area contributed by atoms with E-state index in [-0.39, 0.29) is 17.3 Å². The van der Waals surface area contributed by atoms with Crippen LogP contribution < -0.4 is 26.9 Å². The van der Waals surface area contributed by atoms with Crippen LogP contribution in [0.25, 0.3) is 0 Å². The number of hydrogen-bond donors (Lipinski definition) is 3. The first kappa shape index (κ1) is 16.2. The van der Waals surface area contributed by atoms with E-state index in [4.69, 9.17) is 21.9 Å². The summed E-state index contributed by atoms with van der Waals surface area (Å²) in [7, 11) is 0. The van der Waals surface area contributed by atoms with Crippen LogP contribution in [0.4, 0.5) is 17.2 Å². The average Bonchev–Trinajstić information content (AvgIpc) is 2.60. The van der Waals surface area contributed by atoms with E-state index in [2.05, 4.69) is 27.0 Å². The molecule has 0 spiro atoms. The molecule has 0 radical (unpaired) electrons. The number of benzene rings is 2. The summed E-state index contributed by atoms with van der Waals surface area (Å²) >= 11 is 3.52. The lowest BCUT2D eigenvalue weighted by Gasteiger charge is -2.28. The highest BCUT2D eigenvalue weighted by atomic mass is 79.9. The highest BCUT2D eigenvalue weighted by Crippen LogP contribution is 2.49. The van der Waals surface area contributed by atoms with E-state index in [0.29, 0.717) is 28.6 Å². The Kier molecular flexibility index (Phi) is 3.71. The Morgan fingerprint density at radius 3 is 2.65 bits per heavy atom. The van der Waals surface area contributed by atoms with Crippen molar-refractivity contribution in [3.8, 4) is 17.7 Å².